The van der Waals surface area contributed by atoms with Crippen molar-refractivity contribution in [1.82, 2.24) is 0 Å². The van der Waals surface area contributed by atoms with E-state index < -0.39 is 6.29 Å². The van der Waals surface area contributed by atoms with Crippen molar-refractivity contribution in [2.75, 3.05) is 33.7 Å². The molecule has 0 aliphatic heterocycles. The van der Waals surface area contributed by atoms with E-state index in [2.05, 4.69) is 6.58 Å². The van der Waals surface area contributed by atoms with Gasteiger partial charge in [-0.25, -0.2) is 0 Å². The normalized spacial score (nSPS) is 12.6. The van der Waals surface area contributed by atoms with E-state index >= 15 is 0 Å². The molecule has 4 N–H and O–H groups in total. The molecule has 0 aromatic rings. The molecule has 0 amide bonds. The van der Waals surface area contributed by atoms with Crippen LogP contribution in [-0.4, -0.2) is 45.1 Å². The number of ether oxygens (including phenoxy) is 3. The van der Waals surface area contributed by atoms with Gasteiger partial charge in [0.1, 0.15) is 6.79 Å². The molecule has 0 radical (unpaired) electrons. The van der Waals surface area contributed by atoms with E-state index in [1.54, 1.807) is 7.11 Å². The first kappa shape index (κ1) is 16.5. The summed E-state index contributed by atoms with van der Waals surface area (Å²) in [7, 11) is 1.58. The van der Waals surface area contributed by atoms with Crippen molar-refractivity contribution in [2.24, 2.45) is 5.73 Å². The lowest BCUT2D eigenvalue weighted by molar-refractivity contribution is -0.0856. The van der Waals surface area contributed by atoms with Crippen molar-refractivity contribution >= 4 is 0 Å². The molecular weight excluding hydrogens is 222 g/mol. The standard InChI is InChI=1S/C12H25NO4/c1-11(6-3-4-7-13)12(14)17-9-5-8-16-10-15-2/h12,14H,1,3-10,13H2,2H3/p+1. The zero-order valence-electron chi connectivity index (χ0n) is 10.7. The minimum absolute atomic E-state index is 0.302. The molecule has 0 aliphatic carbocycles. The maximum atomic E-state index is 7.71. The van der Waals surface area contributed by atoms with Gasteiger partial charge in [0, 0.05) is 12.7 Å². The zero-order valence-corrected chi connectivity index (χ0v) is 10.7. The molecule has 17 heavy (non-hydrogen) atoms. The van der Waals surface area contributed by atoms with Crippen LogP contribution >= 0.6 is 0 Å². The quantitative estimate of drug-likeness (QED) is 0.239. The van der Waals surface area contributed by atoms with Crippen LogP contribution in [0.25, 0.3) is 0 Å². The van der Waals surface area contributed by atoms with Crippen LogP contribution in [0.15, 0.2) is 12.2 Å². The van der Waals surface area contributed by atoms with Gasteiger partial charge in [0.05, 0.1) is 13.2 Å². The molecule has 0 saturated carbocycles. The highest BCUT2D eigenvalue weighted by Gasteiger charge is 2.12. The van der Waals surface area contributed by atoms with E-state index in [-0.39, 0.29) is 0 Å². The first-order chi connectivity index (χ1) is 8.22. The molecule has 0 spiro atoms. The second kappa shape index (κ2) is 12.0. The Morgan fingerprint density at radius 2 is 2.06 bits per heavy atom. The number of hydrogen-bond acceptors (Lipinski definition) is 4. The molecule has 0 aromatic carbocycles. The van der Waals surface area contributed by atoms with Crippen LogP contribution in [0.5, 0.6) is 0 Å². The molecular formula is C12H26NO4+. The minimum Gasteiger partial charge on any atom is -0.418 e. The second-order valence-corrected chi connectivity index (χ2v) is 3.82. The average molecular weight is 248 g/mol. The van der Waals surface area contributed by atoms with Gasteiger partial charge in [0.2, 0.25) is 0 Å². The lowest BCUT2D eigenvalue weighted by Crippen LogP contribution is -2.16. The van der Waals surface area contributed by atoms with Gasteiger partial charge in [0.15, 0.2) is 0 Å². The summed E-state index contributed by atoms with van der Waals surface area (Å²) in [6.45, 7) is 5.93. The zero-order chi connectivity index (χ0) is 12.9. The molecule has 0 heterocycles. The molecule has 0 rings (SSSR count). The summed E-state index contributed by atoms with van der Waals surface area (Å²) in [5, 5.41) is 7.71. The fraction of sp³-hybridized carbons (Fsp3) is 0.833. The van der Waals surface area contributed by atoms with Gasteiger partial charge in [-0.1, -0.05) is 6.58 Å². The van der Waals surface area contributed by atoms with Crippen molar-refractivity contribution in [3.8, 4) is 0 Å². The van der Waals surface area contributed by atoms with Gasteiger partial charge in [0.25, 0.3) is 6.29 Å². The van der Waals surface area contributed by atoms with Gasteiger partial charge >= 0.3 is 0 Å². The predicted molar refractivity (Wildman–Crippen MR) is 67.8 cm³/mol. The molecule has 1 unspecified atom stereocenters. The summed E-state index contributed by atoms with van der Waals surface area (Å²) in [6, 6.07) is 0. The lowest BCUT2D eigenvalue weighted by atomic mass is 10.1. The predicted octanol–water partition coefficient (Wildman–Crippen LogP) is 0.750. The Morgan fingerprint density at radius 3 is 2.71 bits per heavy atom. The maximum absolute atomic E-state index is 7.71. The number of hydrogen-bond donors (Lipinski definition) is 1. The third kappa shape index (κ3) is 10.4. The van der Waals surface area contributed by atoms with E-state index in [0.717, 1.165) is 31.3 Å². The van der Waals surface area contributed by atoms with Crippen LogP contribution in [0.3, 0.4) is 0 Å². The topological polar surface area (TPSA) is 76.6 Å². The maximum Gasteiger partial charge on any atom is 0.286 e. The van der Waals surface area contributed by atoms with Crippen LogP contribution in [0.1, 0.15) is 25.7 Å². The van der Waals surface area contributed by atoms with E-state index in [1.807, 2.05) is 0 Å². The third-order valence-electron chi connectivity index (χ3n) is 2.24. The number of rotatable bonds is 12. The van der Waals surface area contributed by atoms with Crippen LogP contribution in [0.4, 0.5) is 0 Å². The average Bonchev–Trinajstić information content (AvgIpc) is 2.33. The first-order valence-corrected chi connectivity index (χ1v) is 5.99. The highest BCUT2D eigenvalue weighted by molar-refractivity contribution is 4.97. The molecule has 5 heteroatoms. The molecule has 102 valence electrons. The van der Waals surface area contributed by atoms with Gasteiger partial charge in [-0.15, -0.1) is 0 Å². The largest absolute Gasteiger partial charge is 0.418 e. The van der Waals surface area contributed by atoms with Crippen LogP contribution < -0.4 is 5.73 Å². The third-order valence-corrected chi connectivity index (χ3v) is 2.24. The highest BCUT2D eigenvalue weighted by Crippen LogP contribution is 2.10. The van der Waals surface area contributed by atoms with E-state index in [9.17, 15) is 0 Å². The summed E-state index contributed by atoms with van der Waals surface area (Å²) in [4.78, 5) is 0. The molecule has 0 aromatic heterocycles. The van der Waals surface area contributed by atoms with Crippen molar-refractivity contribution in [2.45, 2.75) is 32.0 Å². The monoisotopic (exact) mass is 248 g/mol. The fourth-order valence-corrected chi connectivity index (χ4v) is 1.25. The van der Waals surface area contributed by atoms with Gasteiger partial charge in [-0.05, 0) is 32.2 Å². The van der Waals surface area contributed by atoms with E-state index in [4.69, 9.17) is 25.1 Å². The second-order valence-electron chi connectivity index (χ2n) is 3.82. The van der Waals surface area contributed by atoms with Crippen LogP contribution in [0.2, 0.25) is 0 Å². The molecule has 1 atom stereocenters. The molecule has 0 saturated heterocycles. The van der Waals surface area contributed by atoms with E-state index in [0.29, 0.717) is 26.6 Å². The summed E-state index contributed by atoms with van der Waals surface area (Å²) in [6.07, 6.45) is 2.89. The number of unbranched alkanes of at least 4 members (excludes halogenated alkanes) is 1. The SMILES string of the molecule is C=C(CCCCN)C([OH2+])OCCCOCOC. The van der Waals surface area contributed by atoms with E-state index in [1.165, 1.54) is 0 Å². The Morgan fingerprint density at radius 1 is 1.29 bits per heavy atom. The van der Waals surface area contributed by atoms with Gasteiger partial charge in [-0.3, -0.25) is 0 Å². The Hall–Kier alpha value is -0.460. The summed E-state index contributed by atoms with van der Waals surface area (Å²) in [5.74, 6) is 0. The smallest absolute Gasteiger partial charge is 0.286 e. The van der Waals surface area contributed by atoms with Crippen molar-refractivity contribution in [3.63, 3.8) is 0 Å². The molecule has 0 aliphatic rings. The first-order valence-electron chi connectivity index (χ1n) is 5.99. The highest BCUT2D eigenvalue weighted by atomic mass is 16.7. The summed E-state index contributed by atoms with van der Waals surface area (Å²) >= 11 is 0. The number of methoxy groups -OCH3 is 1. The van der Waals surface area contributed by atoms with Crippen molar-refractivity contribution < 1.29 is 19.3 Å². The summed E-state index contributed by atoms with van der Waals surface area (Å²) in [5.41, 5.74) is 6.21. The number of nitrogens with two attached hydrogens (primary N) is 1. The fourth-order valence-electron chi connectivity index (χ4n) is 1.25. The molecule has 5 nitrogen and oxygen atoms in total. The van der Waals surface area contributed by atoms with Gasteiger partial charge < -0.3 is 25.1 Å². The summed E-state index contributed by atoms with van der Waals surface area (Å²) < 4.78 is 15.2. The Labute approximate surface area is 104 Å². The van der Waals surface area contributed by atoms with Gasteiger partial charge in [-0.2, -0.15) is 0 Å². The van der Waals surface area contributed by atoms with Crippen LogP contribution in [-0.2, 0) is 14.2 Å². The van der Waals surface area contributed by atoms with Crippen LogP contribution in [0, 0.1) is 0 Å². The Balaban J connectivity index is 3.37. The van der Waals surface area contributed by atoms with Crippen molar-refractivity contribution in [1.29, 1.82) is 0 Å². The molecule has 0 fully saturated rings. The Kier molecular flexibility index (Phi) is 11.7. The molecule has 0 bridgehead atoms. The Bertz CT molecular complexity index is 187. The minimum atomic E-state index is -0.629. The van der Waals surface area contributed by atoms with Crippen molar-refractivity contribution in [3.05, 3.63) is 12.2 Å². The lowest BCUT2D eigenvalue weighted by Gasteiger charge is -2.11.